The van der Waals surface area contributed by atoms with Gasteiger partial charge in [-0.3, -0.25) is 0 Å². The van der Waals surface area contributed by atoms with Gasteiger partial charge in [0.1, 0.15) is 5.60 Å². The van der Waals surface area contributed by atoms with Crippen molar-refractivity contribution in [2.45, 2.75) is 24.5 Å². The van der Waals surface area contributed by atoms with Gasteiger partial charge in [0.25, 0.3) is 0 Å². The molecule has 1 saturated carbocycles. The predicted octanol–water partition coefficient (Wildman–Crippen LogP) is 2.12. The van der Waals surface area contributed by atoms with E-state index in [-0.39, 0.29) is 5.60 Å². The predicted molar refractivity (Wildman–Crippen MR) is 51.8 cm³/mol. The van der Waals surface area contributed by atoms with Gasteiger partial charge in [0.15, 0.2) is 0 Å². The van der Waals surface area contributed by atoms with Crippen molar-refractivity contribution in [3.05, 3.63) is 29.8 Å². The highest BCUT2D eigenvalue weighted by Gasteiger charge is 2.53. The minimum atomic E-state index is -0.00338. The van der Waals surface area contributed by atoms with Gasteiger partial charge in [-0.05, 0) is 18.9 Å². The number of fused-ring (bicyclic) bond motifs is 3. The summed E-state index contributed by atoms with van der Waals surface area (Å²) in [6.07, 6.45) is 2.38. The Morgan fingerprint density at radius 2 is 2.31 bits per heavy atom. The van der Waals surface area contributed by atoms with Gasteiger partial charge in [-0.2, -0.15) is 0 Å². The molecule has 2 nitrogen and oxygen atoms in total. The molecule has 0 amide bonds. The van der Waals surface area contributed by atoms with Crippen molar-refractivity contribution in [1.82, 2.24) is 0 Å². The first-order chi connectivity index (χ1) is 6.37. The van der Waals surface area contributed by atoms with E-state index >= 15 is 0 Å². The minimum Gasteiger partial charge on any atom is -0.379 e. The molecule has 1 aromatic rings. The number of ether oxygens (including phenoxy) is 1. The standard InChI is InChI=1S/C11H13NO/c1-13-11-7-6-10(11)12-9-5-3-2-4-8(9)11/h2-5,10,12H,6-7H2,1H3/t10-,11+/m0/s1. The van der Waals surface area contributed by atoms with Crippen molar-refractivity contribution in [2.24, 2.45) is 0 Å². The zero-order chi connectivity index (χ0) is 8.89. The molecule has 1 aliphatic heterocycles. The summed E-state index contributed by atoms with van der Waals surface area (Å²) in [6, 6.07) is 8.97. The molecule has 0 spiro atoms. The van der Waals surface area contributed by atoms with Gasteiger partial charge in [0.05, 0.1) is 6.04 Å². The minimum absolute atomic E-state index is 0.00338. The maximum absolute atomic E-state index is 5.66. The van der Waals surface area contributed by atoms with Crippen LogP contribution < -0.4 is 5.32 Å². The first-order valence-corrected chi connectivity index (χ1v) is 4.78. The van der Waals surface area contributed by atoms with Gasteiger partial charge in [-0.25, -0.2) is 0 Å². The summed E-state index contributed by atoms with van der Waals surface area (Å²) < 4.78 is 5.66. The second kappa shape index (κ2) is 2.26. The van der Waals surface area contributed by atoms with E-state index in [9.17, 15) is 0 Å². The highest BCUT2D eigenvalue weighted by Crippen LogP contribution is 2.53. The molecule has 1 N–H and O–H groups in total. The van der Waals surface area contributed by atoms with Crippen LogP contribution >= 0.6 is 0 Å². The summed E-state index contributed by atoms with van der Waals surface area (Å²) in [7, 11) is 1.82. The largest absolute Gasteiger partial charge is 0.379 e. The van der Waals surface area contributed by atoms with Crippen molar-refractivity contribution in [2.75, 3.05) is 12.4 Å². The highest BCUT2D eigenvalue weighted by atomic mass is 16.5. The van der Waals surface area contributed by atoms with Gasteiger partial charge in [0.2, 0.25) is 0 Å². The molecule has 0 radical (unpaired) electrons. The third kappa shape index (κ3) is 0.724. The molecular weight excluding hydrogens is 162 g/mol. The van der Waals surface area contributed by atoms with E-state index in [1.54, 1.807) is 0 Å². The smallest absolute Gasteiger partial charge is 0.115 e. The zero-order valence-corrected chi connectivity index (χ0v) is 7.71. The van der Waals surface area contributed by atoms with Crippen LogP contribution in [0, 0.1) is 0 Å². The average molecular weight is 175 g/mol. The van der Waals surface area contributed by atoms with Crippen LogP contribution in [-0.2, 0) is 10.3 Å². The maximum atomic E-state index is 5.66. The molecule has 1 aromatic carbocycles. The van der Waals surface area contributed by atoms with Gasteiger partial charge < -0.3 is 10.1 Å². The fourth-order valence-corrected chi connectivity index (χ4v) is 2.58. The van der Waals surface area contributed by atoms with Gasteiger partial charge in [0, 0.05) is 18.4 Å². The molecule has 0 aromatic heterocycles. The number of benzene rings is 1. The second-order valence-electron chi connectivity index (χ2n) is 3.87. The first-order valence-electron chi connectivity index (χ1n) is 4.78. The summed E-state index contributed by atoms with van der Waals surface area (Å²) >= 11 is 0. The van der Waals surface area contributed by atoms with E-state index < -0.39 is 0 Å². The summed E-state index contributed by atoms with van der Waals surface area (Å²) in [6.45, 7) is 0. The molecule has 3 rings (SSSR count). The molecule has 68 valence electrons. The van der Waals surface area contributed by atoms with E-state index in [2.05, 4.69) is 29.6 Å². The van der Waals surface area contributed by atoms with E-state index in [1.165, 1.54) is 17.7 Å². The molecule has 13 heavy (non-hydrogen) atoms. The Morgan fingerprint density at radius 3 is 3.00 bits per heavy atom. The van der Waals surface area contributed by atoms with Crippen LogP contribution in [0.5, 0.6) is 0 Å². The second-order valence-corrected chi connectivity index (χ2v) is 3.87. The number of para-hydroxylation sites is 1. The van der Waals surface area contributed by atoms with E-state index in [0.29, 0.717) is 6.04 Å². The maximum Gasteiger partial charge on any atom is 0.115 e. The Morgan fingerprint density at radius 1 is 1.46 bits per heavy atom. The lowest BCUT2D eigenvalue weighted by Crippen LogP contribution is -2.49. The number of hydrogen-bond acceptors (Lipinski definition) is 2. The summed E-state index contributed by atoms with van der Waals surface area (Å²) in [5, 5.41) is 3.50. The molecule has 1 heterocycles. The number of nitrogens with one attached hydrogen (secondary N) is 1. The van der Waals surface area contributed by atoms with Crippen molar-refractivity contribution >= 4 is 5.69 Å². The zero-order valence-electron chi connectivity index (χ0n) is 7.71. The lowest BCUT2D eigenvalue weighted by atomic mass is 9.73. The number of methoxy groups -OCH3 is 1. The third-order valence-corrected chi connectivity index (χ3v) is 3.44. The Kier molecular flexibility index (Phi) is 1.29. The molecule has 2 aliphatic rings. The van der Waals surface area contributed by atoms with E-state index in [4.69, 9.17) is 4.74 Å². The lowest BCUT2D eigenvalue weighted by Gasteiger charge is -2.43. The fraction of sp³-hybridized carbons (Fsp3) is 0.455. The van der Waals surface area contributed by atoms with E-state index in [1.807, 2.05) is 7.11 Å². The van der Waals surface area contributed by atoms with Crippen LogP contribution in [0.25, 0.3) is 0 Å². The molecular formula is C11H13NO. The van der Waals surface area contributed by atoms with Gasteiger partial charge >= 0.3 is 0 Å². The molecule has 2 atom stereocenters. The molecule has 0 saturated heterocycles. The molecule has 0 bridgehead atoms. The molecule has 1 fully saturated rings. The molecule has 1 aliphatic carbocycles. The number of rotatable bonds is 1. The average Bonchev–Trinajstić information content (AvgIpc) is 2.36. The van der Waals surface area contributed by atoms with Crippen LogP contribution in [0.2, 0.25) is 0 Å². The fourth-order valence-electron chi connectivity index (χ4n) is 2.58. The van der Waals surface area contributed by atoms with Crippen molar-refractivity contribution < 1.29 is 4.74 Å². The molecule has 2 heteroatoms. The van der Waals surface area contributed by atoms with Crippen molar-refractivity contribution in [1.29, 1.82) is 0 Å². The molecule has 0 unspecified atom stereocenters. The van der Waals surface area contributed by atoms with Gasteiger partial charge in [-0.1, -0.05) is 18.2 Å². The topological polar surface area (TPSA) is 21.3 Å². The Balaban J connectivity index is 2.15. The van der Waals surface area contributed by atoms with Crippen molar-refractivity contribution in [3.63, 3.8) is 0 Å². The summed E-state index contributed by atoms with van der Waals surface area (Å²) in [4.78, 5) is 0. The quantitative estimate of drug-likeness (QED) is 0.706. The monoisotopic (exact) mass is 175 g/mol. The Bertz CT molecular complexity index is 346. The number of anilines is 1. The van der Waals surface area contributed by atoms with Crippen molar-refractivity contribution in [3.8, 4) is 0 Å². The van der Waals surface area contributed by atoms with Crippen LogP contribution in [0.15, 0.2) is 24.3 Å². The first kappa shape index (κ1) is 7.39. The number of hydrogen-bond donors (Lipinski definition) is 1. The lowest BCUT2D eigenvalue weighted by molar-refractivity contribution is -0.0812. The van der Waals surface area contributed by atoms with E-state index in [0.717, 1.165) is 6.42 Å². The Labute approximate surface area is 77.9 Å². The Hall–Kier alpha value is -1.02. The van der Waals surface area contributed by atoms with Gasteiger partial charge in [-0.15, -0.1) is 0 Å². The van der Waals surface area contributed by atoms with Crippen LogP contribution in [-0.4, -0.2) is 13.2 Å². The van der Waals surface area contributed by atoms with Crippen LogP contribution in [0.4, 0.5) is 5.69 Å². The summed E-state index contributed by atoms with van der Waals surface area (Å²) in [5.74, 6) is 0. The normalized spacial score (nSPS) is 34.4. The summed E-state index contributed by atoms with van der Waals surface area (Å²) in [5.41, 5.74) is 2.59. The third-order valence-electron chi connectivity index (χ3n) is 3.44. The van der Waals surface area contributed by atoms with Crippen LogP contribution in [0.1, 0.15) is 18.4 Å². The van der Waals surface area contributed by atoms with Crippen LogP contribution in [0.3, 0.4) is 0 Å². The highest BCUT2D eigenvalue weighted by molar-refractivity contribution is 5.62. The SMILES string of the molecule is CO[C@@]12CC[C@@H]1Nc1ccccc12.